The van der Waals surface area contributed by atoms with Gasteiger partial charge in [-0.25, -0.2) is 4.98 Å². The van der Waals surface area contributed by atoms with Crippen molar-refractivity contribution < 1.29 is 4.79 Å². The number of fused-ring (bicyclic) bond motifs is 1. The molecule has 0 fully saturated rings. The number of para-hydroxylation sites is 2. The summed E-state index contributed by atoms with van der Waals surface area (Å²) in [6.45, 7) is 2.45. The Morgan fingerprint density at radius 3 is 2.60 bits per heavy atom. The van der Waals surface area contributed by atoms with E-state index in [9.17, 15) is 4.79 Å². The summed E-state index contributed by atoms with van der Waals surface area (Å²) in [5, 5.41) is 2.77. The Bertz CT molecular complexity index is 563. The van der Waals surface area contributed by atoms with Crippen molar-refractivity contribution in [2.45, 2.75) is 19.4 Å². The van der Waals surface area contributed by atoms with Gasteiger partial charge in [-0.2, -0.15) is 0 Å². The van der Waals surface area contributed by atoms with Crippen molar-refractivity contribution in [3.63, 3.8) is 0 Å². The summed E-state index contributed by atoms with van der Waals surface area (Å²) in [5.41, 5.74) is 7.45. The second-order valence-corrected chi connectivity index (χ2v) is 4.27. The summed E-state index contributed by atoms with van der Waals surface area (Å²) < 4.78 is 0. The Morgan fingerprint density at radius 1 is 1.30 bits per heavy atom. The minimum atomic E-state index is -0.214. The van der Waals surface area contributed by atoms with E-state index in [1.165, 1.54) is 6.20 Å². The average molecular weight is 317 g/mol. The summed E-state index contributed by atoms with van der Waals surface area (Å²) in [5.74, 6) is -0.214. The molecule has 0 radical (unpaired) electrons. The molecule has 0 aliphatic rings. The van der Waals surface area contributed by atoms with E-state index in [0.29, 0.717) is 12.2 Å². The Morgan fingerprint density at radius 2 is 1.95 bits per heavy atom. The average Bonchev–Trinajstić information content (AvgIpc) is 2.37. The highest BCUT2D eigenvalue weighted by Gasteiger charge is 2.08. The molecule has 2 rings (SSSR count). The predicted octanol–water partition coefficient (Wildman–Crippen LogP) is 1.94. The van der Waals surface area contributed by atoms with Crippen molar-refractivity contribution in [2.24, 2.45) is 5.73 Å². The number of hydrogen-bond donors (Lipinski definition) is 2. The topological polar surface area (TPSA) is 80.9 Å². The molecule has 1 aromatic carbocycles. The van der Waals surface area contributed by atoms with Gasteiger partial charge in [0, 0.05) is 12.6 Å². The maximum Gasteiger partial charge on any atom is 0.271 e. The van der Waals surface area contributed by atoms with Crippen LogP contribution in [0.4, 0.5) is 0 Å². The van der Waals surface area contributed by atoms with Gasteiger partial charge in [0.2, 0.25) is 0 Å². The summed E-state index contributed by atoms with van der Waals surface area (Å²) in [7, 11) is 0. The van der Waals surface area contributed by atoms with Crippen LogP contribution in [-0.2, 0) is 0 Å². The van der Waals surface area contributed by atoms with Crippen LogP contribution in [0.5, 0.6) is 0 Å². The summed E-state index contributed by atoms with van der Waals surface area (Å²) in [6.07, 6.45) is 2.23. The van der Waals surface area contributed by atoms with Gasteiger partial charge < -0.3 is 11.1 Å². The number of nitrogens with zero attached hydrogens (tertiary/aromatic N) is 2. The van der Waals surface area contributed by atoms with Crippen molar-refractivity contribution in [3.05, 3.63) is 36.2 Å². The number of carbonyl (C=O) groups is 1. The van der Waals surface area contributed by atoms with Crippen LogP contribution in [0, 0.1) is 0 Å². The number of aromatic nitrogens is 2. The van der Waals surface area contributed by atoms with E-state index in [1.807, 2.05) is 31.2 Å². The lowest BCUT2D eigenvalue weighted by Gasteiger charge is -2.07. The van der Waals surface area contributed by atoms with Gasteiger partial charge in [-0.1, -0.05) is 12.1 Å². The molecule has 0 saturated heterocycles. The van der Waals surface area contributed by atoms with Crippen LogP contribution in [0.1, 0.15) is 23.8 Å². The summed E-state index contributed by atoms with van der Waals surface area (Å²) in [4.78, 5) is 20.3. The van der Waals surface area contributed by atoms with Gasteiger partial charge in [-0.05, 0) is 25.5 Å². The third kappa shape index (κ3) is 4.92. The molecule has 0 aliphatic heterocycles. The highest BCUT2D eigenvalue weighted by atomic mass is 35.5. The lowest BCUT2D eigenvalue weighted by atomic mass is 10.2. The molecular weight excluding hydrogens is 299 g/mol. The molecule has 2 aromatic rings. The largest absolute Gasteiger partial charge is 0.351 e. The highest BCUT2D eigenvalue weighted by molar-refractivity contribution is 5.93. The molecule has 0 saturated carbocycles. The van der Waals surface area contributed by atoms with Gasteiger partial charge in [0.25, 0.3) is 5.91 Å². The van der Waals surface area contributed by atoms with E-state index in [1.54, 1.807) is 0 Å². The van der Waals surface area contributed by atoms with Gasteiger partial charge in [-0.15, -0.1) is 24.8 Å². The number of nitrogens with one attached hydrogen (secondary N) is 1. The Labute approximate surface area is 130 Å². The van der Waals surface area contributed by atoms with E-state index in [0.717, 1.165) is 17.5 Å². The van der Waals surface area contributed by atoms with Gasteiger partial charge in [0.1, 0.15) is 5.69 Å². The fourth-order valence-electron chi connectivity index (χ4n) is 1.57. The van der Waals surface area contributed by atoms with Crippen molar-refractivity contribution in [1.29, 1.82) is 0 Å². The zero-order valence-corrected chi connectivity index (χ0v) is 12.7. The normalized spacial score (nSPS) is 11.1. The van der Waals surface area contributed by atoms with E-state index in [4.69, 9.17) is 5.73 Å². The van der Waals surface area contributed by atoms with Crippen LogP contribution in [0.15, 0.2) is 30.5 Å². The second-order valence-electron chi connectivity index (χ2n) is 4.27. The summed E-state index contributed by atoms with van der Waals surface area (Å²) in [6, 6.07) is 7.53. The van der Waals surface area contributed by atoms with Crippen molar-refractivity contribution in [2.75, 3.05) is 6.54 Å². The lowest BCUT2D eigenvalue weighted by Crippen LogP contribution is -2.29. The Balaban J connectivity index is 0.00000180. The molecule has 1 heterocycles. The van der Waals surface area contributed by atoms with E-state index < -0.39 is 0 Å². The number of halogens is 2. The standard InChI is InChI=1S/C13H16N4O.2ClH/c1-9(14)6-7-15-13(18)12-8-16-10-4-2-3-5-11(10)17-12;;/h2-5,8-9H,6-7,14H2,1H3,(H,15,18);2*1H. The number of rotatable bonds is 4. The molecule has 1 atom stereocenters. The third-order valence-corrected chi connectivity index (χ3v) is 2.57. The van der Waals surface area contributed by atoms with E-state index in [-0.39, 0.29) is 36.8 Å². The maximum absolute atomic E-state index is 11.8. The minimum Gasteiger partial charge on any atom is -0.351 e. The van der Waals surface area contributed by atoms with Gasteiger partial charge in [0.05, 0.1) is 17.2 Å². The van der Waals surface area contributed by atoms with Gasteiger partial charge >= 0.3 is 0 Å². The Kier molecular flexibility index (Phi) is 8.06. The monoisotopic (exact) mass is 316 g/mol. The Hall–Kier alpha value is -1.43. The zero-order chi connectivity index (χ0) is 13.0. The van der Waals surface area contributed by atoms with Crippen LogP contribution in [0.25, 0.3) is 11.0 Å². The first-order chi connectivity index (χ1) is 8.66. The van der Waals surface area contributed by atoms with Crippen LogP contribution in [0.2, 0.25) is 0 Å². The van der Waals surface area contributed by atoms with Crippen molar-refractivity contribution in [3.8, 4) is 0 Å². The third-order valence-electron chi connectivity index (χ3n) is 2.57. The first-order valence-electron chi connectivity index (χ1n) is 5.92. The molecule has 1 aromatic heterocycles. The molecule has 7 heteroatoms. The molecule has 3 N–H and O–H groups in total. The summed E-state index contributed by atoms with van der Waals surface area (Å²) >= 11 is 0. The van der Waals surface area contributed by atoms with E-state index >= 15 is 0 Å². The van der Waals surface area contributed by atoms with Gasteiger partial charge in [0.15, 0.2) is 0 Å². The number of amides is 1. The second kappa shape index (κ2) is 8.68. The van der Waals surface area contributed by atoms with Crippen LogP contribution < -0.4 is 11.1 Å². The molecule has 20 heavy (non-hydrogen) atoms. The smallest absolute Gasteiger partial charge is 0.271 e. The van der Waals surface area contributed by atoms with Crippen molar-refractivity contribution in [1.82, 2.24) is 15.3 Å². The number of carbonyl (C=O) groups excluding carboxylic acids is 1. The van der Waals surface area contributed by atoms with Crippen LogP contribution in [-0.4, -0.2) is 28.5 Å². The fraction of sp³-hybridized carbons (Fsp3) is 0.308. The SMILES string of the molecule is CC(N)CCNC(=O)c1cnc2ccccc2n1.Cl.Cl. The first kappa shape index (κ1) is 18.6. The molecule has 1 unspecified atom stereocenters. The highest BCUT2D eigenvalue weighted by Crippen LogP contribution is 2.08. The molecule has 0 spiro atoms. The molecular formula is C13H18Cl2N4O. The molecule has 110 valence electrons. The van der Waals surface area contributed by atoms with Crippen LogP contribution >= 0.6 is 24.8 Å². The fourth-order valence-corrected chi connectivity index (χ4v) is 1.57. The maximum atomic E-state index is 11.8. The van der Waals surface area contributed by atoms with Crippen LogP contribution in [0.3, 0.4) is 0 Å². The number of hydrogen-bond acceptors (Lipinski definition) is 4. The van der Waals surface area contributed by atoms with E-state index in [2.05, 4.69) is 15.3 Å². The van der Waals surface area contributed by atoms with Gasteiger partial charge in [-0.3, -0.25) is 9.78 Å². The lowest BCUT2D eigenvalue weighted by molar-refractivity contribution is 0.0948. The number of nitrogens with two attached hydrogens (primary N) is 1. The molecule has 1 amide bonds. The number of benzene rings is 1. The molecule has 0 aliphatic carbocycles. The molecule has 0 bridgehead atoms. The minimum absolute atomic E-state index is 0. The zero-order valence-electron chi connectivity index (χ0n) is 11.1. The van der Waals surface area contributed by atoms with Crippen molar-refractivity contribution >= 4 is 41.8 Å². The first-order valence-corrected chi connectivity index (χ1v) is 5.92. The predicted molar refractivity (Wildman–Crippen MR) is 84.6 cm³/mol. The quantitative estimate of drug-likeness (QED) is 0.903. The molecule has 5 nitrogen and oxygen atoms in total.